The van der Waals surface area contributed by atoms with Crippen molar-refractivity contribution in [1.82, 2.24) is 9.88 Å². The van der Waals surface area contributed by atoms with Gasteiger partial charge in [-0.15, -0.1) is 0 Å². The monoisotopic (exact) mass is 357 g/mol. The van der Waals surface area contributed by atoms with Gasteiger partial charge in [-0.05, 0) is 24.6 Å². The Morgan fingerprint density at radius 1 is 0.923 bits per heavy atom. The van der Waals surface area contributed by atoms with Crippen LogP contribution in [0.2, 0.25) is 0 Å². The maximum Gasteiger partial charge on any atom is 0.203 e. The summed E-state index contributed by atoms with van der Waals surface area (Å²) in [4.78, 5) is 9.33. The maximum atomic E-state index is 5.61. The molecule has 1 aromatic heterocycles. The number of anilines is 1. The third-order valence-electron chi connectivity index (χ3n) is 4.83. The Hall–Kier alpha value is -2.47. The molecular weight excluding hydrogens is 330 g/mol. The molecule has 1 fully saturated rings. The van der Waals surface area contributed by atoms with Crippen LogP contribution < -0.4 is 19.1 Å². The first-order chi connectivity index (χ1) is 12.7. The summed E-state index contributed by atoms with van der Waals surface area (Å²) >= 11 is 0. The molecule has 0 atom stereocenters. The van der Waals surface area contributed by atoms with E-state index in [1.165, 1.54) is 5.56 Å². The smallest absolute Gasteiger partial charge is 0.203 e. The van der Waals surface area contributed by atoms with Crippen LogP contribution in [0.4, 0.5) is 5.82 Å². The number of methoxy groups -OCH3 is 3. The lowest BCUT2D eigenvalue weighted by Crippen LogP contribution is -2.46. The summed E-state index contributed by atoms with van der Waals surface area (Å²) in [6.07, 6.45) is 1.86. The van der Waals surface area contributed by atoms with E-state index in [9.17, 15) is 0 Å². The standard InChI is InChI=1S/C20H27N3O3/c1-15-6-5-9-21-20(15)23-12-10-22(11-13-23)14-16-7-8-17(24-2)19(26-4)18(16)25-3/h5-9H,10-14H2,1-4H3. The Labute approximate surface area is 155 Å². The zero-order chi connectivity index (χ0) is 18.5. The van der Waals surface area contributed by atoms with Gasteiger partial charge in [0.15, 0.2) is 11.5 Å². The summed E-state index contributed by atoms with van der Waals surface area (Å²) in [6.45, 7) is 6.82. The van der Waals surface area contributed by atoms with Crippen LogP contribution in [-0.4, -0.2) is 57.4 Å². The van der Waals surface area contributed by atoms with Crippen LogP contribution >= 0.6 is 0 Å². The van der Waals surface area contributed by atoms with Crippen LogP contribution in [0.15, 0.2) is 30.5 Å². The van der Waals surface area contributed by atoms with Gasteiger partial charge in [-0.1, -0.05) is 12.1 Å². The highest BCUT2D eigenvalue weighted by Gasteiger charge is 2.22. The van der Waals surface area contributed by atoms with Gasteiger partial charge in [0.05, 0.1) is 21.3 Å². The van der Waals surface area contributed by atoms with E-state index in [4.69, 9.17) is 14.2 Å². The lowest BCUT2D eigenvalue weighted by Gasteiger charge is -2.36. The number of ether oxygens (including phenoxy) is 3. The van der Waals surface area contributed by atoms with Crippen molar-refractivity contribution in [1.29, 1.82) is 0 Å². The molecule has 1 aromatic carbocycles. The summed E-state index contributed by atoms with van der Waals surface area (Å²) in [5.41, 5.74) is 2.33. The fraction of sp³-hybridized carbons (Fsp3) is 0.450. The molecule has 1 saturated heterocycles. The number of piperazine rings is 1. The number of hydrogen-bond acceptors (Lipinski definition) is 6. The highest BCUT2D eigenvalue weighted by atomic mass is 16.5. The second-order valence-electron chi connectivity index (χ2n) is 6.40. The van der Waals surface area contributed by atoms with Gasteiger partial charge < -0.3 is 19.1 Å². The van der Waals surface area contributed by atoms with Crippen molar-refractivity contribution in [3.63, 3.8) is 0 Å². The summed E-state index contributed by atoms with van der Waals surface area (Å²) < 4.78 is 16.5. The molecule has 0 N–H and O–H groups in total. The number of benzene rings is 1. The minimum absolute atomic E-state index is 0.648. The first-order valence-electron chi connectivity index (χ1n) is 8.84. The molecule has 26 heavy (non-hydrogen) atoms. The van der Waals surface area contributed by atoms with E-state index in [0.717, 1.165) is 49.9 Å². The molecule has 1 aliphatic rings. The Morgan fingerprint density at radius 3 is 2.27 bits per heavy atom. The van der Waals surface area contributed by atoms with Crippen LogP contribution in [0.3, 0.4) is 0 Å². The number of rotatable bonds is 6. The van der Waals surface area contributed by atoms with Crippen molar-refractivity contribution in [2.24, 2.45) is 0 Å². The lowest BCUT2D eigenvalue weighted by molar-refractivity contribution is 0.243. The fourth-order valence-corrected chi connectivity index (χ4v) is 3.45. The molecule has 6 heteroatoms. The average Bonchev–Trinajstić information content (AvgIpc) is 2.68. The maximum absolute atomic E-state index is 5.61. The van der Waals surface area contributed by atoms with Gasteiger partial charge in [-0.3, -0.25) is 4.90 Å². The molecule has 6 nitrogen and oxygen atoms in total. The molecule has 2 heterocycles. The number of hydrogen-bond donors (Lipinski definition) is 0. The van der Waals surface area contributed by atoms with Crippen molar-refractivity contribution in [2.75, 3.05) is 52.4 Å². The third-order valence-corrected chi connectivity index (χ3v) is 4.83. The van der Waals surface area contributed by atoms with Gasteiger partial charge in [0.25, 0.3) is 0 Å². The molecule has 0 saturated carbocycles. The van der Waals surface area contributed by atoms with Gasteiger partial charge in [-0.2, -0.15) is 0 Å². The molecular formula is C20H27N3O3. The molecule has 0 unspecified atom stereocenters. The predicted molar refractivity (Wildman–Crippen MR) is 103 cm³/mol. The van der Waals surface area contributed by atoms with Crippen molar-refractivity contribution < 1.29 is 14.2 Å². The molecule has 3 rings (SSSR count). The Bertz CT molecular complexity index is 743. The van der Waals surface area contributed by atoms with Crippen LogP contribution in [0, 0.1) is 6.92 Å². The third kappa shape index (κ3) is 3.70. The molecule has 0 radical (unpaired) electrons. The highest BCUT2D eigenvalue weighted by Crippen LogP contribution is 2.40. The largest absolute Gasteiger partial charge is 0.493 e. The first kappa shape index (κ1) is 18.3. The molecule has 2 aromatic rings. The van der Waals surface area contributed by atoms with E-state index in [1.54, 1.807) is 21.3 Å². The summed E-state index contributed by atoms with van der Waals surface area (Å²) in [6, 6.07) is 8.08. The van der Waals surface area contributed by atoms with E-state index in [0.29, 0.717) is 11.5 Å². The number of aryl methyl sites for hydroxylation is 1. The van der Waals surface area contributed by atoms with Crippen molar-refractivity contribution in [3.05, 3.63) is 41.6 Å². The molecule has 140 valence electrons. The van der Waals surface area contributed by atoms with Crippen molar-refractivity contribution >= 4 is 5.82 Å². The van der Waals surface area contributed by atoms with Crippen molar-refractivity contribution in [2.45, 2.75) is 13.5 Å². The molecule has 0 bridgehead atoms. The topological polar surface area (TPSA) is 47.1 Å². The quantitative estimate of drug-likeness (QED) is 0.792. The summed E-state index contributed by atoms with van der Waals surface area (Å²) in [5, 5.41) is 0. The second-order valence-corrected chi connectivity index (χ2v) is 6.40. The van der Waals surface area contributed by atoms with Crippen LogP contribution in [0.25, 0.3) is 0 Å². The predicted octanol–water partition coefficient (Wildman–Crippen LogP) is 2.74. The van der Waals surface area contributed by atoms with Gasteiger partial charge in [0, 0.05) is 44.5 Å². The molecule has 0 spiro atoms. The zero-order valence-electron chi connectivity index (χ0n) is 16.0. The average molecular weight is 357 g/mol. The number of aromatic nitrogens is 1. The van der Waals surface area contributed by atoms with E-state index >= 15 is 0 Å². The van der Waals surface area contributed by atoms with Gasteiger partial charge in [0.2, 0.25) is 5.75 Å². The summed E-state index contributed by atoms with van der Waals surface area (Å²) in [5.74, 6) is 3.17. The molecule has 1 aliphatic heterocycles. The van der Waals surface area contributed by atoms with E-state index < -0.39 is 0 Å². The van der Waals surface area contributed by atoms with E-state index in [1.807, 2.05) is 18.3 Å². The Balaban J connectivity index is 1.69. The van der Waals surface area contributed by atoms with Crippen LogP contribution in [-0.2, 0) is 6.54 Å². The van der Waals surface area contributed by atoms with Crippen LogP contribution in [0.5, 0.6) is 17.2 Å². The van der Waals surface area contributed by atoms with Crippen molar-refractivity contribution in [3.8, 4) is 17.2 Å². The van der Waals surface area contributed by atoms with Crippen LogP contribution in [0.1, 0.15) is 11.1 Å². The van der Waals surface area contributed by atoms with Gasteiger partial charge in [0.1, 0.15) is 5.82 Å². The highest BCUT2D eigenvalue weighted by molar-refractivity contribution is 5.55. The second kappa shape index (κ2) is 8.27. The number of nitrogens with zero attached hydrogens (tertiary/aromatic N) is 3. The van der Waals surface area contributed by atoms with E-state index in [-0.39, 0.29) is 0 Å². The normalized spacial score (nSPS) is 15.0. The molecule has 0 aliphatic carbocycles. The Kier molecular flexibility index (Phi) is 5.83. The van der Waals surface area contributed by atoms with Gasteiger partial charge in [-0.25, -0.2) is 4.98 Å². The summed E-state index contributed by atoms with van der Waals surface area (Å²) in [7, 11) is 4.94. The SMILES string of the molecule is COc1ccc(CN2CCN(c3ncccc3C)CC2)c(OC)c1OC. The first-order valence-corrected chi connectivity index (χ1v) is 8.84. The zero-order valence-corrected chi connectivity index (χ0v) is 16.0. The number of pyridine rings is 1. The minimum Gasteiger partial charge on any atom is -0.493 e. The Morgan fingerprint density at radius 2 is 1.65 bits per heavy atom. The van der Waals surface area contributed by atoms with E-state index in [2.05, 4.69) is 33.8 Å². The van der Waals surface area contributed by atoms with Gasteiger partial charge >= 0.3 is 0 Å². The minimum atomic E-state index is 0.648. The molecule has 0 amide bonds. The fourth-order valence-electron chi connectivity index (χ4n) is 3.45. The lowest BCUT2D eigenvalue weighted by atomic mass is 10.1.